The number of anilines is 1. The molecule has 0 saturated carbocycles. The number of thiophene rings is 1. The highest BCUT2D eigenvalue weighted by atomic mass is 32.2. The van der Waals surface area contributed by atoms with Gasteiger partial charge in [-0.3, -0.25) is 4.79 Å². The van der Waals surface area contributed by atoms with E-state index in [9.17, 15) is 10.1 Å². The van der Waals surface area contributed by atoms with Crippen molar-refractivity contribution in [1.29, 1.82) is 5.26 Å². The molecule has 0 spiro atoms. The molecule has 0 fully saturated rings. The molecule has 2 aromatic heterocycles. The summed E-state index contributed by atoms with van der Waals surface area (Å²) < 4.78 is 7.00. The highest BCUT2D eigenvalue weighted by Gasteiger charge is 2.22. The number of nitriles is 1. The highest BCUT2D eigenvalue weighted by molar-refractivity contribution is 7.99. The van der Waals surface area contributed by atoms with E-state index in [1.54, 1.807) is 13.2 Å². The molecule has 7 nitrogen and oxygen atoms in total. The Balaban J connectivity index is 1.66. The fourth-order valence-electron chi connectivity index (χ4n) is 3.04. The van der Waals surface area contributed by atoms with E-state index >= 15 is 0 Å². The van der Waals surface area contributed by atoms with Crippen LogP contribution < -0.4 is 5.32 Å². The average Bonchev–Trinajstić information content (AvgIpc) is 3.21. The first-order valence-electron chi connectivity index (χ1n) is 8.67. The first-order chi connectivity index (χ1) is 13.2. The maximum absolute atomic E-state index is 12.4. The monoisotopic (exact) mass is 403 g/mol. The van der Waals surface area contributed by atoms with Crippen LogP contribution in [0.3, 0.4) is 0 Å². The number of allylic oxidation sites excluding steroid dienone is 1. The molecule has 2 heterocycles. The van der Waals surface area contributed by atoms with Gasteiger partial charge in [0.05, 0.1) is 11.3 Å². The average molecular weight is 404 g/mol. The quantitative estimate of drug-likeness (QED) is 0.538. The largest absolute Gasteiger partial charge is 0.377 e. The van der Waals surface area contributed by atoms with Crippen LogP contribution in [-0.4, -0.2) is 33.5 Å². The number of thioether (sulfide) groups is 1. The zero-order chi connectivity index (χ0) is 19.2. The molecule has 0 unspecified atom stereocenters. The van der Waals surface area contributed by atoms with Crippen LogP contribution in [0.5, 0.6) is 0 Å². The molecular formula is C18H21N5O2S2. The summed E-state index contributed by atoms with van der Waals surface area (Å²) in [5.41, 5.74) is 1.75. The van der Waals surface area contributed by atoms with Gasteiger partial charge in [-0.2, -0.15) is 5.26 Å². The second kappa shape index (κ2) is 9.17. The van der Waals surface area contributed by atoms with Gasteiger partial charge in [-0.05, 0) is 31.2 Å². The molecule has 142 valence electrons. The minimum Gasteiger partial charge on any atom is -0.377 e. The van der Waals surface area contributed by atoms with Gasteiger partial charge in [-0.25, -0.2) is 0 Å². The van der Waals surface area contributed by atoms with E-state index in [0.29, 0.717) is 34.7 Å². The maximum atomic E-state index is 12.4. The van der Waals surface area contributed by atoms with Gasteiger partial charge in [-0.1, -0.05) is 17.8 Å². The molecule has 2 aromatic rings. The molecule has 1 N–H and O–H groups in total. The fourth-order valence-corrected chi connectivity index (χ4v) is 5.06. The predicted molar refractivity (Wildman–Crippen MR) is 106 cm³/mol. The summed E-state index contributed by atoms with van der Waals surface area (Å²) in [4.78, 5) is 13.7. The predicted octanol–water partition coefficient (Wildman–Crippen LogP) is 3.15. The number of nitrogens with one attached hydrogen (secondary N) is 1. The molecule has 27 heavy (non-hydrogen) atoms. The number of aromatic nitrogens is 3. The first kappa shape index (κ1) is 19.6. The molecule has 0 atom stereocenters. The SMILES string of the molecule is C=CCn1c(COC)nnc1SCC(=O)Nc1sc2c(c1C#N)CCCC2. The number of hydrogen-bond donors (Lipinski definition) is 1. The van der Waals surface area contributed by atoms with Gasteiger partial charge in [0.1, 0.15) is 17.7 Å². The minimum absolute atomic E-state index is 0.156. The molecular weight excluding hydrogens is 382 g/mol. The van der Waals surface area contributed by atoms with Gasteiger partial charge in [0.2, 0.25) is 5.91 Å². The van der Waals surface area contributed by atoms with Gasteiger partial charge >= 0.3 is 0 Å². The number of methoxy groups -OCH3 is 1. The Kier molecular flexibility index (Phi) is 6.66. The fraction of sp³-hybridized carbons (Fsp3) is 0.444. The summed E-state index contributed by atoms with van der Waals surface area (Å²) >= 11 is 2.84. The van der Waals surface area contributed by atoms with E-state index < -0.39 is 0 Å². The van der Waals surface area contributed by atoms with E-state index in [-0.39, 0.29) is 11.7 Å². The normalized spacial score (nSPS) is 13.0. The standard InChI is InChI=1S/C18H21N5O2S2/c1-3-8-23-15(10-25-2)21-22-18(23)26-11-16(24)20-17-13(9-19)12-6-4-5-7-14(12)27-17/h3H,1,4-8,10-11H2,2H3,(H,20,24). The second-order valence-corrected chi connectivity index (χ2v) is 8.14. The lowest BCUT2D eigenvalue weighted by atomic mass is 9.96. The first-order valence-corrected chi connectivity index (χ1v) is 10.5. The van der Waals surface area contributed by atoms with Gasteiger partial charge in [0.25, 0.3) is 0 Å². The molecule has 0 aliphatic heterocycles. The second-order valence-electron chi connectivity index (χ2n) is 6.09. The molecule has 0 radical (unpaired) electrons. The third kappa shape index (κ3) is 4.40. The van der Waals surface area contributed by atoms with E-state index in [1.165, 1.54) is 28.0 Å². The summed E-state index contributed by atoms with van der Waals surface area (Å²) in [5, 5.41) is 21.9. The van der Waals surface area contributed by atoms with Crippen molar-refractivity contribution in [2.24, 2.45) is 0 Å². The van der Waals surface area contributed by atoms with Crippen molar-refractivity contribution in [3.05, 3.63) is 34.5 Å². The van der Waals surface area contributed by atoms with Gasteiger partial charge in [0, 0.05) is 18.5 Å². The molecule has 9 heteroatoms. The van der Waals surface area contributed by atoms with Crippen molar-refractivity contribution in [2.75, 3.05) is 18.2 Å². The summed E-state index contributed by atoms with van der Waals surface area (Å²) in [6.45, 7) is 4.64. The topological polar surface area (TPSA) is 92.8 Å². The molecule has 0 bridgehead atoms. The summed E-state index contributed by atoms with van der Waals surface area (Å²) in [7, 11) is 1.60. The number of carbonyl (C=O) groups is 1. The van der Waals surface area contributed by atoms with Gasteiger partial charge in [0.15, 0.2) is 11.0 Å². The Morgan fingerprint density at radius 2 is 2.30 bits per heavy atom. The summed E-state index contributed by atoms with van der Waals surface area (Å²) in [6, 6.07) is 2.26. The van der Waals surface area contributed by atoms with Crippen molar-refractivity contribution in [3.63, 3.8) is 0 Å². The Labute approximate surface area is 166 Å². The Morgan fingerprint density at radius 3 is 3.04 bits per heavy atom. The van der Waals surface area contributed by atoms with Crippen LogP contribution in [0.1, 0.15) is 34.7 Å². The summed E-state index contributed by atoms with van der Waals surface area (Å²) in [5.74, 6) is 0.727. The van der Waals surface area contributed by atoms with Crippen LogP contribution in [0.15, 0.2) is 17.8 Å². The number of ether oxygens (including phenoxy) is 1. The van der Waals surface area contributed by atoms with E-state index in [0.717, 1.165) is 31.2 Å². The number of hydrogen-bond acceptors (Lipinski definition) is 7. The van der Waals surface area contributed by atoms with Crippen LogP contribution in [0.2, 0.25) is 0 Å². The minimum atomic E-state index is -0.156. The van der Waals surface area contributed by atoms with E-state index in [2.05, 4.69) is 28.2 Å². The smallest absolute Gasteiger partial charge is 0.235 e. The van der Waals surface area contributed by atoms with Gasteiger partial charge in [-0.15, -0.1) is 28.1 Å². The molecule has 1 aliphatic carbocycles. The number of rotatable bonds is 8. The zero-order valence-corrected chi connectivity index (χ0v) is 16.8. The maximum Gasteiger partial charge on any atom is 0.235 e. The highest BCUT2D eigenvalue weighted by Crippen LogP contribution is 2.37. The number of carbonyl (C=O) groups excluding carboxylic acids is 1. The molecule has 0 aromatic carbocycles. The number of fused-ring (bicyclic) bond motifs is 1. The zero-order valence-electron chi connectivity index (χ0n) is 15.2. The third-order valence-corrected chi connectivity index (χ3v) is 6.42. The lowest BCUT2D eigenvalue weighted by Gasteiger charge is -2.09. The van der Waals surface area contributed by atoms with Crippen LogP contribution >= 0.6 is 23.1 Å². The van der Waals surface area contributed by atoms with Crippen molar-refractivity contribution in [1.82, 2.24) is 14.8 Å². The van der Waals surface area contributed by atoms with Crippen LogP contribution in [0, 0.1) is 11.3 Å². The summed E-state index contributed by atoms with van der Waals surface area (Å²) in [6.07, 6.45) is 5.91. The molecule has 3 rings (SSSR count). The Hall–Kier alpha value is -2.15. The van der Waals surface area contributed by atoms with Crippen LogP contribution in [0.4, 0.5) is 5.00 Å². The van der Waals surface area contributed by atoms with Crippen molar-refractivity contribution < 1.29 is 9.53 Å². The lowest BCUT2D eigenvalue weighted by molar-refractivity contribution is -0.113. The van der Waals surface area contributed by atoms with Crippen molar-refractivity contribution in [2.45, 2.75) is 44.0 Å². The molecule has 1 aliphatic rings. The van der Waals surface area contributed by atoms with Crippen LogP contribution in [0.25, 0.3) is 0 Å². The van der Waals surface area contributed by atoms with Gasteiger partial charge < -0.3 is 14.6 Å². The van der Waals surface area contributed by atoms with E-state index in [1.807, 2.05) is 4.57 Å². The third-order valence-electron chi connectivity index (χ3n) is 4.25. The Bertz CT molecular complexity index is 881. The van der Waals surface area contributed by atoms with Crippen molar-refractivity contribution in [3.8, 4) is 6.07 Å². The van der Waals surface area contributed by atoms with Crippen molar-refractivity contribution >= 4 is 34.0 Å². The number of amides is 1. The van der Waals surface area contributed by atoms with E-state index in [4.69, 9.17) is 4.74 Å². The number of nitrogens with zero attached hydrogens (tertiary/aromatic N) is 4. The molecule has 0 saturated heterocycles. The Morgan fingerprint density at radius 1 is 1.48 bits per heavy atom. The molecule has 1 amide bonds. The number of aryl methyl sites for hydroxylation is 1. The van der Waals surface area contributed by atoms with Crippen LogP contribution in [-0.2, 0) is 35.5 Å². The lowest BCUT2D eigenvalue weighted by Crippen LogP contribution is -2.15.